The van der Waals surface area contributed by atoms with Gasteiger partial charge in [-0.2, -0.15) is 4.99 Å². The Balaban J connectivity index is 2.02. The van der Waals surface area contributed by atoms with Crippen molar-refractivity contribution in [3.05, 3.63) is 67.4 Å². The zero-order chi connectivity index (χ0) is 18.3. The fourth-order valence-electron chi connectivity index (χ4n) is 2.06. The van der Waals surface area contributed by atoms with Crippen LogP contribution in [0.4, 0.5) is 0 Å². The van der Waals surface area contributed by atoms with Crippen molar-refractivity contribution in [3.63, 3.8) is 0 Å². The summed E-state index contributed by atoms with van der Waals surface area (Å²) >= 11 is 12.0. The van der Waals surface area contributed by atoms with Gasteiger partial charge in [-0.25, -0.2) is 10.5 Å². The van der Waals surface area contributed by atoms with Crippen LogP contribution in [0.25, 0.3) is 0 Å². The van der Waals surface area contributed by atoms with Crippen LogP contribution in [-0.2, 0) is 14.4 Å². The summed E-state index contributed by atoms with van der Waals surface area (Å²) < 4.78 is 0. The van der Waals surface area contributed by atoms with Crippen LogP contribution in [-0.4, -0.2) is 32.7 Å². The van der Waals surface area contributed by atoms with Gasteiger partial charge in [-0.3, -0.25) is 24.9 Å². The van der Waals surface area contributed by atoms with Gasteiger partial charge in [0.15, 0.2) is 5.82 Å². The van der Waals surface area contributed by atoms with E-state index in [1.165, 1.54) is 0 Å². The topological polar surface area (TPSA) is 134 Å². The molecule has 3 rings (SSSR count). The Kier molecular flexibility index (Phi) is 4.17. The molecule has 2 aliphatic heterocycles. The van der Waals surface area contributed by atoms with E-state index in [0.29, 0.717) is 5.06 Å². The first-order chi connectivity index (χ1) is 11.8. The summed E-state index contributed by atoms with van der Waals surface area (Å²) in [7, 11) is 0. The third-order valence-electron chi connectivity index (χ3n) is 3.14. The largest absolute Gasteiger partial charge is 0.359 e. The Morgan fingerprint density at radius 1 is 1.24 bits per heavy atom. The van der Waals surface area contributed by atoms with E-state index < -0.39 is 22.2 Å². The van der Waals surface area contributed by atoms with E-state index in [9.17, 15) is 24.9 Å². The number of Topliss-reactive ketones (excluding diaryl/α,β-unsaturated/α-hetero) is 1. The predicted octanol–water partition coefficient (Wildman–Crippen LogP) is 1.24. The van der Waals surface area contributed by atoms with E-state index in [-0.39, 0.29) is 32.9 Å². The van der Waals surface area contributed by atoms with Crippen molar-refractivity contribution in [2.24, 2.45) is 4.99 Å². The third-order valence-corrected chi connectivity index (χ3v) is 3.72. The monoisotopic (exact) mass is 384 g/mol. The van der Waals surface area contributed by atoms with Crippen molar-refractivity contribution in [1.29, 1.82) is 0 Å². The molecule has 0 aromatic carbocycles. The SMILES string of the molecule is O=C1C=C(C2=NC(=C3C(Cl)=CN(O)C=C3Cl)NO2)C=C([N+](=O)[O-])C1=O. The molecule has 10 nitrogen and oxygen atoms in total. The van der Waals surface area contributed by atoms with Gasteiger partial charge in [0.05, 0.1) is 38.5 Å². The van der Waals surface area contributed by atoms with Crippen molar-refractivity contribution in [3.8, 4) is 0 Å². The molecule has 3 aliphatic rings. The van der Waals surface area contributed by atoms with Gasteiger partial charge >= 0.3 is 11.5 Å². The first-order valence-corrected chi connectivity index (χ1v) is 7.18. The maximum absolute atomic E-state index is 11.6. The number of ketones is 2. The number of hydrogen-bond donors (Lipinski definition) is 2. The van der Waals surface area contributed by atoms with Gasteiger partial charge in [0.1, 0.15) is 0 Å². The van der Waals surface area contributed by atoms with Crippen LogP contribution in [0.1, 0.15) is 0 Å². The second-order valence-electron chi connectivity index (χ2n) is 4.76. The molecule has 0 bridgehead atoms. The number of nitrogens with zero attached hydrogens (tertiary/aromatic N) is 3. The Bertz CT molecular complexity index is 889. The Labute approximate surface area is 148 Å². The highest BCUT2D eigenvalue weighted by Crippen LogP contribution is 2.34. The number of aliphatic imine (C=N–C) groups is 1. The zero-order valence-electron chi connectivity index (χ0n) is 11.9. The predicted molar refractivity (Wildman–Crippen MR) is 83.4 cm³/mol. The van der Waals surface area contributed by atoms with Crippen molar-refractivity contribution in [2.75, 3.05) is 0 Å². The Morgan fingerprint density at radius 3 is 2.48 bits per heavy atom. The van der Waals surface area contributed by atoms with Crippen LogP contribution in [0.5, 0.6) is 0 Å². The highest BCUT2D eigenvalue weighted by molar-refractivity contribution is 6.48. The van der Waals surface area contributed by atoms with Crippen LogP contribution in [0, 0.1) is 10.1 Å². The molecule has 128 valence electrons. The maximum atomic E-state index is 11.6. The lowest BCUT2D eigenvalue weighted by molar-refractivity contribution is -0.418. The smallest absolute Gasteiger partial charge is 0.321 e. The standard InChI is InChI=1S/C13H6Cl2N4O6/c14-6-3-18(22)4-7(15)10(6)12-16-13(25-17-12)5-1-8(19(23)24)11(21)9(20)2-5/h1-4,17,22H. The molecule has 2 heterocycles. The number of hydroxylamine groups is 3. The quantitative estimate of drug-likeness (QED) is 0.314. The summed E-state index contributed by atoms with van der Waals surface area (Å²) in [6.07, 6.45) is 4.05. The van der Waals surface area contributed by atoms with E-state index in [2.05, 4.69) is 10.5 Å². The average molecular weight is 385 g/mol. The lowest BCUT2D eigenvalue weighted by Crippen LogP contribution is -2.25. The molecule has 2 N–H and O–H groups in total. The molecule has 0 saturated heterocycles. The van der Waals surface area contributed by atoms with Gasteiger partial charge in [0, 0.05) is 12.2 Å². The van der Waals surface area contributed by atoms with Gasteiger partial charge in [0.25, 0.3) is 5.90 Å². The molecule has 0 saturated carbocycles. The van der Waals surface area contributed by atoms with Crippen LogP contribution in [0.15, 0.2) is 62.3 Å². The van der Waals surface area contributed by atoms with Crippen molar-refractivity contribution in [2.45, 2.75) is 0 Å². The molecule has 0 radical (unpaired) electrons. The first-order valence-electron chi connectivity index (χ1n) is 6.43. The third kappa shape index (κ3) is 3.05. The van der Waals surface area contributed by atoms with Crippen molar-refractivity contribution >= 4 is 40.7 Å². The van der Waals surface area contributed by atoms with E-state index >= 15 is 0 Å². The summed E-state index contributed by atoms with van der Waals surface area (Å²) in [4.78, 5) is 42.1. The second-order valence-corrected chi connectivity index (χ2v) is 5.57. The number of allylic oxidation sites excluding steroid dienone is 5. The van der Waals surface area contributed by atoms with Crippen molar-refractivity contribution in [1.82, 2.24) is 10.5 Å². The molecule has 0 amide bonds. The molecule has 0 unspecified atom stereocenters. The van der Waals surface area contributed by atoms with Crippen LogP contribution >= 0.6 is 23.2 Å². The molecule has 0 atom stereocenters. The average Bonchev–Trinajstić information content (AvgIpc) is 2.98. The number of carbonyl (C=O) groups excluding carboxylic acids is 2. The summed E-state index contributed by atoms with van der Waals surface area (Å²) in [5, 5.41) is 20.9. The molecule has 0 aromatic rings. The second kappa shape index (κ2) is 6.16. The molecular formula is C13H6Cl2N4O6. The summed E-state index contributed by atoms with van der Waals surface area (Å²) in [6, 6.07) is 0. The molecular weight excluding hydrogens is 379 g/mol. The van der Waals surface area contributed by atoms with Gasteiger partial charge in [-0.15, -0.1) is 0 Å². The van der Waals surface area contributed by atoms with E-state index in [1.54, 1.807) is 0 Å². The maximum Gasteiger partial charge on any atom is 0.321 e. The molecule has 25 heavy (non-hydrogen) atoms. The highest BCUT2D eigenvalue weighted by Gasteiger charge is 2.35. The molecule has 1 aliphatic carbocycles. The van der Waals surface area contributed by atoms with E-state index in [4.69, 9.17) is 28.0 Å². The highest BCUT2D eigenvalue weighted by atomic mass is 35.5. The summed E-state index contributed by atoms with van der Waals surface area (Å²) in [5.74, 6) is -2.44. The molecule has 0 spiro atoms. The molecule has 0 fully saturated rings. The minimum Gasteiger partial charge on any atom is -0.359 e. The summed E-state index contributed by atoms with van der Waals surface area (Å²) in [6.45, 7) is 0. The van der Waals surface area contributed by atoms with Crippen LogP contribution in [0.3, 0.4) is 0 Å². The molecule has 12 heteroatoms. The lowest BCUT2D eigenvalue weighted by atomic mass is 10.0. The Morgan fingerprint density at radius 2 is 1.88 bits per heavy atom. The fraction of sp³-hybridized carbons (Fsp3) is 0. The number of nitro groups is 1. The minimum atomic E-state index is -1.23. The van der Waals surface area contributed by atoms with Gasteiger partial charge in [-0.1, -0.05) is 23.2 Å². The Hall–Kier alpha value is -2.95. The van der Waals surface area contributed by atoms with Crippen LogP contribution in [0.2, 0.25) is 0 Å². The van der Waals surface area contributed by atoms with E-state index in [0.717, 1.165) is 24.6 Å². The van der Waals surface area contributed by atoms with Gasteiger partial charge in [0.2, 0.25) is 5.78 Å². The van der Waals surface area contributed by atoms with Gasteiger partial charge < -0.3 is 4.84 Å². The lowest BCUT2D eigenvalue weighted by Gasteiger charge is -2.16. The number of rotatable bonds is 2. The molecule has 0 aromatic heterocycles. The summed E-state index contributed by atoms with van der Waals surface area (Å²) in [5.41, 5.74) is 1.64. The normalized spacial score (nSPS) is 20.3. The zero-order valence-corrected chi connectivity index (χ0v) is 13.4. The number of carbonyl (C=O) groups is 2. The minimum absolute atomic E-state index is 0.0384. The first kappa shape index (κ1) is 16.9. The van der Waals surface area contributed by atoms with Crippen LogP contribution < -0.4 is 5.48 Å². The van der Waals surface area contributed by atoms with Gasteiger partial charge in [-0.05, 0) is 0 Å². The number of nitrogens with one attached hydrogen (secondary N) is 1. The number of halogens is 2. The number of hydrogen-bond acceptors (Lipinski definition) is 9. The van der Waals surface area contributed by atoms with E-state index in [1.807, 2.05) is 0 Å². The van der Waals surface area contributed by atoms with Crippen molar-refractivity contribution < 1.29 is 24.6 Å². The fourth-order valence-corrected chi connectivity index (χ4v) is 2.69.